The predicted molar refractivity (Wildman–Crippen MR) is 233 cm³/mol. The molecule has 0 aliphatic carbocycles. The summed E-state index contributed by atoms with van der Waals surface area (Å²) in [6.07, 6.45) is 45.9. The van der Waals surface area contributed by atoms with Gasteiger partial charge in [0.2, 0.25) is 0 Å². The minimum Gasteiger partial charge on any atom is -0.498 e. The summed E-state index contributed by atoms with van der Waals surface area (Å²) in [6, 6.07) is 0. The van der Waals surface area contributed by atoms with E-state index >= 15 is 0 Å². The molecule has 0 amide bonds. The molecular formula is C46H91NO7P+. The van der Waals surface area contributed by atoms with Crippen LogP contribution in [0.15, 0.2) is 24.5 Å². The van der Waals surface area contributed by atoms with Crippen molar-refractivity contribution in [3.8, 4) is 0 Å². The van der Waals surface area contributed by atoms with Crippen LogP contribution in [0.4, 0.5) is 0 Å². The molecule has 1 unspecified atom stereocenters. The van der Waals surface area contributed by atoms with Gasteiger partial charge in [-0.25, -0.2) is 4.57 Å². The van der Waals surface area contributed by atoms with E-state index in [0.717, 1.165) is 32.1 Å². The number of esters is 1. The molecule has 326 valence electrons. The summed E-state index contributed by atoms with van der Waals surface area (Å²) in [5, 5.41) is 0. The lowest BCUT2D eigenvalue weighted by Crippen LogP contribution is -2.37. The molecule has 0 aliphatic heterocycles. The molecule has 1 N–H and O–H groups in total. The third-order valence-corrected chi connectivity index (χ3v) is 11.1. The van der Waals surface area contributed by atoms with Gasteiger partial charge in [0.05, 0.1) is 34.0 Å². The number of carbonyl (C=O) groups excluding carboxylic acids is 1. The fourth-order valence-corrected chi connectivity index (χ4v) is 7.20. The molecule has 0 saturated heterocycles. The molecule has 0 spiro atoms. The number of quaternary nitrogens is 1. The number of carbonyl (C=O) groups is 1. The number of likely N-dealkylation sites (N-methyl/N-ethyl adjacent to an activating group) is 1. The Kier molecular flexibility index (Phi) is 38.8. The van der Waals surface area contributed by atoms with E-state index in [-0.39, 0.29) is 25.8 Å². The van der Waals surface area contributed by atoms with E-state index in [2.05, 4.69) is 26.0 Å². The Morgan fingerprint density at radius 1 is 0.564 bits per heavy atom. The van der Waals surface area contributed by atoms with Gasteiger partial charge < -0.3 is 18.9 Å². The summed E-state index contributed by atoms with van der Waals surface area (Å²) in [6.45, 7) is 4.94. The smallest absolute Gasteiger partial charge is 0.472 e. The Bertz CT molecular complexity index is 936. The highest BCUT2D eigenvalue weighted by molar-refractivity contribution is 7.47. The summed E-state index contributed by atoms with van der Waals surface area (Å²) >= 11 is 0. The number of allylic oxidation sites excluding steroid dienone is 3. The van der Waals surface area contributed by atoms with Crippen LogP contribution >= 0.6 is 7.82 Å². The number of nitrogens with zero attached hydrogens (tertiary/aromatic N) is 1. The average Bonchev–Trinajstić information content (AvgIpc) is 3.13. The molecule has 0 aromatic heterocycles. The zero-order valence-electron chi connectivity index (χ0n) is 36.9. The number of hydrogen-bond donors (Lipinski definition) is 1. The van der Waals surface area contributed by atoms with Gasteiger partial charge in [0, 0.05) is 6.42 Å². The molecule has 0 heterocycles. The van der Waals surface area contributed by atoms with E-state index in [9.17, 15) is 14.3 Å². The second kappa shape index (κ2) is 39.6. The van der Waals surface area contributed by atoms with Gasteiger partial charge in [-0.1, -0.05) is 174 Å². The van der Waals surface area contributed by atoms with E-state index in [4.69, 9.17) is 18.5 Å². The van der Waals surface area contributed by atoms with Crippen molar-refractivity contribution in [2.24, 2.45) is 0 Å². The maximum Gasteiger partial charge on any atom is 0.472 e. The van der Waals surface area contributed by atoms with Gasteiger partial charge in [0.25, 0.3) is 0 Å². The highest BCUT2D eigenvalue weighted by Gasteiger charge is 2.26. The van der Waals surface area contributed by atoms with Crippen molar-refractivity contribution in [2.75, 3.05) is 47.5 Å². The molecule has 8 nitrogen and oxygen atoms in total. The van der Waals surface area contributed by atoms with E-state index < -0.39 is 13.9 Å². The summed E-state index contributed by atoms with van der Waals surface area (Å²) in [5.74, 6) is -0.338. The topological polar surface area (TPSA) is 91.3 Å². The van der Waals surface area contributed by atoms with Crippen molar-refractivity contribution < 1.29 is 37.3 Å². The van der Waals surface area contributed by atoms with Gasteiger partial charge in [-0.05, 0) is 51.0 Å². The predicted octanol–water partition coefficient (Wildman–Crippen LogP) is 14.0. The monoisotopic (exact) mass is 801 g/mol. The van der Waals surface area contributed by atoms with Crippen molar-refractivity contribution in [3.63, 3.8) is 0 Å². The molecule has 0 saturated carbocycles. The highest BCUT2D eigenvalue weighted by Crippen LogP contribution is 2.43. The van der Waals surface area contributed by atoms with Crippen LogP contribution in [0.2, 0.25) is 0 Å². The third kappa shape index (κ3) is 43.8. The fraction of sp³-hybridized carbons (Fsp3) is 0.891. The fourth-order valence-electron chi connectivity index (χ4n) is 6.45. The summed E-state index contributed by atoms with van der Waals surface area (Å²) in [7, 11) is 1.64. The second-order valence-electron chi connectivity index (χ2n) is 16.9. The van der Waals surface area contributed by atoms with Crippen LogP contribution in [0.25, 0.3) is 0 Å². The summed E-state index contributed by atoms with van der Waals surface area (Å²) < 4.78 is 34.8. The number of phosphoric ester groups is 1. The molecule has 0 bridgehead atoms. The van der Waals surface area contributed by atoms with Crippen LogP contribution in [0.3, 0.4) is 0 Å². The first-order chi connectivity index (χ1) is 26.6. The molecule has 0 fully saturated rings. The highest BCUT2D eigenvalue weighted by atomic mass is 31.2. The molecule has 2 atom stereocenters. The van der Waals surface area contributed by atoms with Crippen molar-refractivity contribution in [1.82, 2.24) is 0 Å². The van der Waals surface area contributed by atoms with Crippen LogP contribution < -0.4 is 0 Å². The zero-order chi connectivity index (χ0) is 40.6. The Morgan fingerprint density at radius 2 is 0.964 bits per heavy atom. The molecule has 0 aromatic carbocycles. The maximum atomic E-state index is 12.7. The van der Waals surface area contributed by atoms with Crippen molar-refractivity contribution in [2.45, 2.75) is 219 Å². The van der Waals surface area contributed by atoms with Gasteiger partial charge in [-0.2, -0.15) is 0 Å². The summed E-state index contributed by atoms with van der Waals surface area (Å²) in [4.78, 5) is 22.9. The molecule has 55 heavy (non-hydrogen) atoms. The third-order valence-electron chi connectivity index (χ3n) is 10.1. The minimum absolute atomic E-state index is 0.0497. The Morgan fingerprint density at radius 3 is 1.42 bits per heavy atom. The van der Waals surface area contributed by atoms with Crippen LogP contribution in [-0.4, -0.2) is 69.0 Å². The number of hydrogen-bond acceptors (Lipinski definition) is 6. The molecule has 0 radical (unpaired) electrons. The first kappa shape index (κ1) is 53.8. The lowest BCUT2D eigenvalue weighted by atomic mass is 10.0. The van der Waals surface area contributed by atoms with Gasteiger partial charge in [-0.3, -0.25) is 13.8 Å². The Balaban J connectivity index is 4.23. The van der Waals surface area contributed by atoms with Crippen LogP contribution in [0, 0.1) is 0 Å². The van der Waals surface area contributed by atoms with Crippen molar-refractivity contribution in [1.29, 1.82) is 0 Å². The van der Waals surface area contributed by atoms with Gasteiger partial charge >= 0.3 is 13.8 Å². The second-order valence-corrected chi connectivity index (χ2v) is 18.3. The standard InChI is InChI=1S/C46H90NO7P/c1-6-8-10-12-14-16-18-20-22-23-24-26-28-30-32-34-36-38-41-51-43-45(44-53-55(49,50)52-42-40-47(3,4)5)54-46(48)39-37-35-33-31-29-27-25-21-19-17-15-13-11-9-7-2/h17,19,38,41,45H,6-16,18,20-37,39-40,42-44H2,1-5H3/p+1/b19-17+,41-38+/t45-/m1/s1. The zero-order valence-corrected chi connectivity index (χ0v) is 37.8. The molecule has 0 aliphatic rings. The lowest BCUT2D eigenvalue weighted by Gasteiger charge is -2.24. The quantitative estimate of drug-likeness (QED) is 0.0164. The van der Waals surface area contributed by atoms with Gasteiger partial charge in [-0.15, -0.1) is 0 Å². The van der Waals surface area contributed by atoms with Crippen LogP contribution in [0.5, 0.6) is 0 Å². The minimum atomic E-state index is -4.29. The Hall–Kier alpha value is -1.18. The first-order valence-electron chi connectivity index (χ1n) is 23.1. The molecule has 0 aromatic rings. The van der Waals surface area contributed by atoms with Crippen LogP contribution in [-0.2, 0) is 27.9 Å². The van der Waals surface area contributed by atoms with E-state index in [0.29, 0.717) is 17.4 Å². The number of unbranched alkanes of at least 4 members (excludes halogenated alkanes) is 27. The number of rotatable bonds is 43. The van der Waals surface area contributed by atoms with E-state index in [1.165, 1.54) is 161 Å². The van der Waals surface area contributed by atoms with E-state index in [1.807, 2.05) is 27.2 Å². The maximum absolute atomic E-state index is 12.7. The lowest BCUT2D eigenvalue weighted by molar-refractivity contribution is -0.870. The molecule has 9 heteroatoms. The normalized spacial score (nSPS) is 13.9. The van der Waals surface area contributed by atoms with Crippen LogP contribution in [0.1, 0.15) is 213 Å². The van der Waals surface area contributed by atoms with E-state index in [1.54, 1.807) is 6.26 Å². The largest absolute Gasteiger partial charge is 0.498 e. The summed E-state index contributed by atoms with van der Waals surface area (Å²) in [5.41, 5.74) is 0. The molecule has 0 rings (SSSR count). The molecular weight excluding hydrogens is 709 g/mol. The first-order valence-corrected chi connectivity index (χ1v) is 24.6. The average molecular weight is 801 g/mol. The number of ether oxygens (including phenoxy) is 2. The number of phosphoric acid groups is 1. The van der Waals surface area contributed by atoms with Gasteiger partial charge in [0.15, 0.2) is 6.10 Å². The van der Waals surface area contributed by atoms with Gasteiger partial charge in [0.1, 0.15) is 19.8 Å². The van der Waals surface area contributed by atoms with Crippen molar-refractivity contribution >= 4 is 13.8 Å². The SMILES string of the molecule is CCCCCC/C=C/CCCCCCCCCC(=O)O[C@H](CO/C=C/CCCCCCCCCCCCCCCCCC)COP(=O)(O)OCC[N+](C)(C)C. The Labute approximate surface area is 341 Å². The van der Waals surface area contributed by atoms with Crippen molar-refractivity contribution in [3.05, 3.63) is 24.5 Å².